The van der Waals surface area contributed by atoms with Crippen molar-refractivity contribution in [1.29, 1.82) is 5.26 Å². The molecule has 0 spiro atoms. The van der Waals surface area contributed by atoms with Crippen LogP contribution >= 0.6 is 0 Å². The molecule has 3 heteroatoms. The monoisotopic (exact) mass is 234 g/mol. The van der Waals surface area contributed by atoms with E-state index in [-0.39, 0.29) is 5.82 Å². The van der Waals surface area contributed by atoms with Crippen LogP contribution in [0.15, 0.2) is 18.2 Å². The summed E-state index contributed by atoms with van der Waals surface area (Å²) in [7, 11) is 2.01. The maximum Gasteiger partial charge on any atom is 0.129 e. The van der Waals surface area contributed by atoms with Crippen LogP contribution in [0.2, 0.25) is 0 Å². The maximum absolute atomic E-state index is 13.7. The molecule has 92 valence electrons. The summed E-state index contributed by atoms with van der Waals surface area (Å²) in [6.45, 7) is 4.86. The number of hydrogen-bond donors (Lipinski definition) is 0. The Morgan fingerprint density at radius 3 is 2.47 bits per heavy atom. The summed E-state index contributed by atoms with van der Waals surface area (Å²) in [6.07, 6.45) is 2.12. The number of nitriles is 1. The Morgan fingerprint density at radius 2 is 2.00 bits per heavy atom. The van der Waals surface area contributed by atoms with Gasteiger partial charge >= 0.3 is 0 Å². The Labute approximate surface area is 103 Å². The highest BCUT2D eigenvalue weighted by Gasteiger charge is 2.13. The van der Waals surface area contributed by atoms with Crippen molar-refractivity contribution in [2.45, 2.75) is 39.3 Å². The second kappa shape index (κ2) is 6.36. The summed E-state index contributed by atoms with van der Waals surface area (Å²) in [6, 6.07) is 7.09. The fourth-order valence-electron chi connectivity index (χ4n) is 2.05. The predicted molar refractivity (Wildman–Crippen MR) is 67.0 cm³/mol. The first-order valence-electron chi connectivity index (χ1n) is 6.01. The lowest BCUT2D eigenvalue weighted by atomic mass is 10.1. The molecule has 0 radical (unpaired) electrons. The predicted octanol–water partition coefficient (Wildman–Crippen LogP) is 3.32. The van der Waals surface area contributed by atoms with Crippen molar-refractivity contribution in [2.24, 2.45) is 0 Å². The molecule has 1 rings (SSSR count). The van der Waals surface area contributed by atoms with E-state index < -0.39 is 0 Å². The van der Waals surface area contributed by atoms with Gasteiger partial charge in [0.15, 0.2) is 0 Å². The van der Waals surface area contributed by atoms with E-state index in [1.807, 2.05) is 13.1 Å². The molecule has 0 heterocycles. The lowest BCUT2D eigenvalue weighted by molar-refractivity contribution is 0.219. The normalized spacial score (nSPS) is 10.9. The van der Waals surface area contributed by atoms with Crippen molar-refractivity contribution < 1.29 is 4.39 Å². The minimum absolute atomic E-state index is 0.290. The average Bonchev–Trinajstić information content (AvgIpc) is 2.33. The van der Waals surface area contributed by atoms with Gasteiger partial charge < -0.3 is 0 Å². The average molecular weight is 234 g/mol. The zero-order valence-electron chi connectivity index (χ0n) is 10.7. The van der Waals surface area contributed by atoms with Gasteiger partial charge in [0.05, 0.1) is 11.6 Å². The van der Waals surface area contributed by atoms with Gasteiger partial charge in [0.25, 0.3) is 0 Å². The fourth-order valence-corrected chi connectivity index (χ4v) is 2.05. The summed E-state index contributed by atoms with van der Waals surface area (Å²) in [5.74, 6) is -0.290. The van der Waals surface area contributed by atoms with Gasteiger partial charge in [-0.25, -0.2) is 4.39 Å². The molecule has 1 aromatic carbocycles. The Morgan fingerprint density at radius 1 is 1.35 bits per heavy atom. The molecular formula is C14H19FN2. The molecule has 0 fully saturated rings. The molecule has 0 saturated carbocycles. The molecule has 0 amide bonds. The second-order valence-corrected chi connectivity index (χ2v) is 4.30. The number of nitrogens with zero attached hydrogens (tertiary/aromatic N) is 2. The first-order chi connectivity index (χ1) is 8.12. The zero-order chi connectivity index (χ0) is 12.8. The standard InChI is InChI=1S/C14H19FN2/c1-4-13(5-2)17(3)10-12-7-6-11(9-16)8-14(12)15/h6-8,13H,4-5,10H2,1-3H3. The molecule has 0 aliphatic carbocycles. The molecule has 0 bridgehead atoms. The highest BCUT2D eigenvalue weighted by molar-refractivity contribution is 5.32. The lowest BCUT2D eigenvalue weighted by Gasteiger charge is -2.26. The van der Waals surface area contributed by atoms with Crippen LogP contribution < -0.4 is 0 Å². The van der Waals surface area contributed by atoms with Crippen LogP contribution in [0.1, 0.15) is 37.8 Å². The molecule has 0 aliphatic heterocycles. The van der Waals surface area contributed by atoms with Gasteiger partial charge in [-0.05, 0) is 32.0 Å². The van der Waals surface area contributed by atoms with E-state index in [1.165, 1.54) is 6.07 Å². The Bertz CT molecular complexity index is 405. The van der Waals surface area contributed by atoms with Crippen LogP contribution in [0.5, 0.6) is 0 Å². The van der Waals surface area contributed by atoms with Gasteiger partial charge in [-0.3, -0.25) is 4.90 Å². The van der Waals surface area contributed by atoms with Crippen LogP contribution in [0.3, 0.4) is 0 Å². The maximum atomic E-state index is 13.7. The number of benzene rings is 1. The third-order valence-electron chi connectivity index (χ3n) is 3.17. The third kappa shape index (κ3) is 3.54. The first-order valence-corrected chi connectivity index (χ1v) is 6.01. The molecule has 0 aliphatic rings. The molecule has 0 unspecified atom stereocenters. The van der Waals surface area contributed by atoms with E-state index in [9.17, 15) is 4.39 Å². The highest BCUT2D eigenvalue weighted by atomic mass is 19.1. The van der Waals surface area contributed by atoms with Crippen LogP contribution in [0.4, 0.5) is 4.39 Å². The van der Waals surface area contributed by atoms with Gasteiger partial charge in [-0.2, -0.15) is 5.26 Å². The van der Waals surface area contributed by atoms with Crippen LogP contribution in [0.25, 0.3) is 0 Å². The molecule has 0 saturated heterocycles. The SMILES string of the molecule is CCC(CC)N(C)Cc1ccc(C#N)cc1F. The van der Waals surface area contributed by atoms with Gasteiger partial charge in [0, 0.05) is 18.2 Å². The molecule has 0 aromatic heterocycles. The van der Waals surface area contributed by atoms with E-state index in [1.54, 1.807) is 12.1 Å². The highest BCUT2D eigenvalue weighted by Crippen LogP contribution is 2.15. The van der Waals surface area contributed by atoms with Gasteiger partial charge in [-0.1, -0.05) is 19.9 Å². The molecular weight excluding hydrogens is 215 g/mol. The van der Waals surface area contributed by atoms with E-state index in [0.717, 1.165) is 12.8 Å². The van der Waals surface area contributed by atoms with E-state index in [2.05, 4.69) is 18.7 Å². The quantitative estimate of drug-likeness (QED) is 0.781. The molecule has 1 aromatic rings. The summed E-state index contributed by atoms with van der Waals surface area (Å²) in [5, 5.41) is 8.67. The summed E-state index contributed by atoms with van der Waals surface area (Å²) >= 11 is 0. The topological polar surface area (TPSA) is 27.0 Å². The van der Waals surface area contributed by atoms with E-state index in [4.69, 9.17) is 5.26 Å². The van der Waals surface area contributed by atoms with Crippen LogP contribution in [0, 0.1) is 17.1 Å². The second-order valence-electron chi connectivity index (χ2n) is 4.30. The molecule has 0 N–H and O–H groups in total. The number of halogens is 1. The largest absolute Gasteiger partial charge is 0.299 e. The van der Waals surface area contributed by atoms with E-state index >= 15 is 0 Å². The fraction of sp³-hybridized carbons (Fsp3) is 0.500. The molecule has 2 nitrogen and oxygen atoms in total. The van der Waals surface area contributed by atoms with E-state index in [0.29, 0.717) is 23.7 Å². The molecule has 0 atom stereocenters. The van der Waals surface area contributed by atoms with Crippen molar-refractivity contribution >= 4 is 0 Å². The number of hydrogen-bond acceptors (Lipinski definition) is 2. The van der Waals surface area contributed by atoms with Crippen molar-refractivity contribution in [1.82, 2.24) is 4.90 Å². The molecule has 17 heavy (non-hydrogen) atoms. The Hall–Kier alpha value is -1.40. The smallest absolute Gasteiger partial charge is 0.129 e. The van der Waals surface area contributed by atoms with Gasteiger partial charge in [0.1, 0.15) is 5.82 Å². The minimum atomic E-state index is -0.290. The lowest BCUT2D eigenvalue weighted by Crippen LogP contribution is -2.30. The van der Waals surface area contributed by atoms with Gasteiger partial charge in [0.2, 0.25) is 0 Å². The van der Waals surface area contributed by atoms with Crippen molar-refractivity contribution in [3.8, 4) is 6.07 Å². The summed E-state index contributed by atoms with van der Waals surface area (Å²) in [4.78, 5) is 2.16. The van der Waals surface area contributed by atoms with Crippen LogP contribution in [-0.4, -0.2) is 18.0 Å². The van der Waals surface area contributed by atoms with Crippen molar-refractivity contribution in [2.75, 3.05) is 7.05 Å². The van der Waals surface area contributed by atoms with Crippen molar-refractivity contribution in [3.05, 3.63) is 35.1 Å². The third-order valence-corrected chi connectivity index (χ3v) is 3.17. The van der Waals surface area contributed by atoms with Gasteiger partial charge in [-0.15, -0.1) is 0 Å². The summed E-state index contributed by atoms with van der Waals surface area (Å²) in [5.41, 5.74) is 1.02. The Balaban J connectivity index is 2.78. The Kier molecular flexibility index (Phi) is 5.11. The minimum Gasteiger partial charge on any atom is -0.299 e. The number of rotatable bonds is 5. The van der Waals surface area contributed by atoms with Crippen molar-refractivity contribution in [3.63, 3.8) is 0 Å². The summed E-state index contributed by atoms with van der Waals surface area (Å²) < 4.78 is 13.7. The first kappa shape index (κ1) is 13.7. The van der Waals surface area contributed by atoms with Crippen LogP contribution in [-0.2, 0) is 6.54 Å². The zero-order valence-corrected chi connectivity index (χ0v) is 10.7.